The first kappa shape index (κ1) is 18.8. The highest BCUT2D eigenvalue weighted by molar-refractivity contribution is 5.63. The van der Waals surface area contributed by atoms with Crippen LogP contribution in [0, 0.1) is 0 Å². The summed E-state index contributed by atoms with van der Waals surface area (Å²) in [5, 5.41) is 11.4. The molecule has 8 nitrogen and oxygen atoms in total. The van der Waals surface area contributed by atoms with Crippen LogP contribution in [0.5, 0.6) is 11.5 Å². The van der Waals surface area contributed by atoms with Crippen LogP contribution >= 0.6 is 0 Å². The molecule has 1 aliphatic heterocycles. The normalized spacial score (nSPS) is 13.9. The molecule has 0 radical (unpaired) electrons. The fourth-order valence-corrected chi connectivity index (χ4v) is 3.44. The summed E-state index contributed by atoms with van der Waals surface area (Å²) in [5.41, 5.74) is 1.92. The maximum atomic E-state index is 5.50. The summed E-state index contributed by atoms with van der Waals surface area (Å²) in [6, 6.07) is 15.8. The number of para-hydroxylation sites is 4. The van der Waals surface area contributed by atoms with Crippen LogP contribution in [0.2, 0.25) is 0 Å². The minimum absolute atomic E-state index is 0.444. The van der Waals surface area contributed by atoms with Crippen molar-refractivity contribution in [2.24, 2.45) is 0 Å². The number of hydrogen-bond donors (Lipinski definition) is 1. The molecule has 4 rings (SSSR count). The predicted octanol–water partition coefficient (Wildman–Crippen LogP) is 2.96. The first-order valence-electron chi connectivity index (χ1n) is 9.51. The summed E-state index contributed by atoms with van der Waals surface area (Å²) in [7, 11) is 3.34. The van der Waals surface area contributed by atoms with Crippen molar-refractivity contribution in [3.63, 3.8) is 0 Å². The maximum absolute atomic E-state index is 5.50. The van der Waals surface area contributed by atoms with Crippen LogP contribution in [0.3, 0.4) is 0 Å². The van der Waals surface area contributed by atoms with Gasteiger partial charge in [0.05, 0.1) is 31.8 Å². The SMILES string of the molecule is COc1ccccc1Nc1nncc(N2CCN(c3ccccc3OC)CC2)n1. The van der Waals surface area contributed by atoms with Crippen LogP contribution in [0.15, 0.2) is 54.7 Å². The molecule has 8 heteroatoms. The molecule has 0 bridgehead atoms. The van der Waals surface area contributed by atoms with Crippen molar-refractivity contribution < 1.29 is 9.47 Å². The number of nitrogens with one attached hydrogen (secondary N) is 1. The number of nitrogens with zero attached hydrogens (tertiary/aromatic N) is 5. The molecule has 0 saturated carbocycles. The zero-order valence-electron chi connectivity index (χ0n) is 16.6. The molecule has 1 fully saturated rings. The van der Waals surface area contributed by atoms with Gasteiger partial charge in [0.1, 0.15) is 11.5 Å². The summed E-state index contributed by atoms with van der Waals surface area (Å²) in [5.74, 6) is 2.87. The van der Waals surface area contributed by atoms with Crippen LogP contribution < -0.4 is 24.6 Å². The molecule has 0 atom stereocenters. The number of aromatic nitrogens is 3. The van der Waals surface area contributed by atoms with Gasteiger partial charge in [-0.25, -0.2) is 0 Å². The lowest BCUT2D eigenvalue weighted by Gasteiger charge is -2.37. The van der Waals surface area contributed by atoms with E-state index >= 15 is 0 Å². The van der Waals surface area contributed by atoms with Gasteiger partial charge in [-0.2, -0.15) is 10.1 Å². The van der Waals surface area contributed by atoms with E-state index in [1.54, 1.807) is 20.4 Å². The van der Waals surface area contributed by atoms with Gasteiger partial charge in [0.2, 0.25) is 5.95 Å². The summed E-state index contributed by atoms with van der Waals surface area (Å²) < 4.78 is 10.9. The second-order valence-corrected chi connectivity index (χ2v) is 6.61. The number of benzene rings is 2. The summed E-state index contributed by atoms with van der Waals surface area (Å²) >= 11 is 0. The molecule has 29 heavy (non-hydrogen) atoms. The van der Waals surface area contributed by atoms with Crippen LogP contribution in [0.1, 0.15) is 0 Å². The molecule has 1 aliphatic rings. The van der Waals surface area contributed by atoms with E-state index in [9.17, 15) is 0 Å². The van der Waals surface area contributed by atoms with E-state index in [0.717, 1.165) is 54.9 Å². The fraction of sp³-hybridized carbons (Fsp3) is 0.286. The van der Waals surface area contributed by atoms with Crippen molar-refractivity contribution in [2.45, 2.75) is 0 Å². The molecule has 3 aromatic rings. The third-order valence-corrected chi connectivity index (χ3v) is 4.93. The number of hydrogen-bond acceptors (Lipinski definition) is 8. The lowest BCUT2D eigenvalue weighted by Crippen LogP contribution is -2.47. The third-order valence-electron chi connectivity index (χ3n) is 4.93. The second kappa shape index (κ2) is 8.64. The standard InChI is InChI=1S/C21H24N6O2/c1-28-18-9-5-3-7-16(18)23-21-24-20(15-22-25-21)27-13-11-26(12-14-27)17-8-4-6-10-19(17)29-2/h3-10,15H,11-14H2,1-2H3,(H,23,24,25). The van der Waals surface area contributed by atoms with Gasteiger partial charge in [-0.05, 0) is 24.3 Å². The fourth-order valence-electron chi connectivity index (χ4n) is 3.44. The van der Waals surface area contributed by atoms with Gasteiger partial charge in [0.15, 0.2) is 5.82 Å². The van der Waals surface area contributed by atoms with Gasteiger partial charge >= 0.3 is 0 Å². The lowest BCUT2D eigenvalue weighted by atomic mass is 10.2. The number of ether oxygens (including phenoxy) is 2. The van der Waals surface area contributed by atoms with Crippen molar-refractivity contribution in [3.8, 4) is 11.5 Å². The highest BCUT2D eigenvalue weighted by Gasteiger charge is 2.21. The molecule has 0 aliphatic carbocycles. The Morgan fingerprint density at radius 1 is 0.828 bits per heavy atom. The quantitative estimate of drug-likeness (QED) is 0.686. The highest BCUT2D eigenvalue weighted by Crippen LogP contribution is 2.29. The van der Waals surface area contributed by atoms with Crippen LogP contribution in [0.25, 0.3) is 0 Å². The Kier molecular flexibility index (Phi) is 5.60. The number of anilines is 4. The van der Waals surface area contributed by atoms with Gasteiger partial charge in [0.25, 0.3) is 0 Å². The minimum atomic E-state index is 0.444. The average molecular weight is 392 g/mol. The van der Waals surface area contributed by atoms with Gasteiger partial charge in [0, 0.05) is 26.2 Å². The highest BCUT2D eigenvalue weighted by atomic mass is 16.5. The molecular weight excluding hydrogens is 368 g/mol. The largest absolute Gasteiger partial charge is 0.495 e. The monoisotopic (exact) mass is 392 g/mol. The predicted molar refractivity (Wildman–Crippen MR) is 114 cm³/mol. The molecule has 150 valence electrons. The molecule has 0 spiro atoms. The molecule has 0 amide bonds. The Bertz CT molecular complexity index is 959. The van der Waals surface area contributed by atoms with Gasteiger partial charge < -0.3 is 24.6 Å². The Morgan fingerprint density at radius 3 is 2.24 bits per heavy atom. The molecule has 1 saturated heterocycles. The zero-order valence-corrected chi connectivity index (χ0v) is 16.6. The Balaban J connectivity index is 1.45. The van der Waals surface area contributed by atoms with E-state index < -0.39 is 0 Å². The van der Waals surface area contributed by atoms with Crippen molar-refractivity contribution >= 4 is 23.1 Å². The average Bonchev–Trinajstić information content (AvgIpc) is 2.80. The van der Waals surface area contributed by atoms with Crippen molar-refractivity contribution in [1.29, 1.82) is 0 Å². The van der Waals surface area contributed by atoms with E-state index in [1.165, 1.54) is 0 Å². The topological polar surface area (TPSA) is 75.6 Å². The van der Waals surface area contributed by atoms with Crippen LogP contribution in [-0.4, -0.2) is 55.6 Å². The maximum Gasteiger partial charge on any atom is 0.249 e. The Hall–Kier alpha value is -3.55. The number of methoxy groups -OCH3 is 2. The Morgan fingerprint density at radius 2 is 1.48 bits per heavy atom. The van der Waals surface area contributed by atoms with E-state index in [0.29, 0.717) is 5.95 Å². The smallest absolute Gasteiger partial charge is 0.249 e. The van der Waals surface area contributed by atoms with Crippen molar-refractivity contribution in [2.75, 3.05) is 55.5 Å². The minimum Gasteiger partial charge on any atom is -0.495 e. The van der Waals surface area contributed by atoms with Gasteiger partial charge in [-0.3, -0.25) is 0 Å². The molecule has 2 heterocycles. The lowest BCUT2D eigenvalue weighted by molar-refractivity contribution is 0.413. The first-order valence-corrected chi connectivity index (χ1v) is 9.51. The molecule has 2 aromatic carbocycles. The van der Waals surface area contributed by atoms with Crippen molar-refractivity contribution in [1.82, 2.24) is 15.2 Å². The molecular formula is C21H24N6O2. The summed E-state index contributed by atoms with van der Waals surface area (Å²) in [6.07, 6.45) is 1.70. The summed E-state index contributed by atoms with van der Waals surface area (Å²) in [4.78, 5) is 9.19. The van der Waals surface area contributed by atoms with Crippen molar-refractivity contribution in [3.05, 3.63) is 54.7 Å². The first-order chi connectivity index (χ1) is 14.3. The third kappa shape index (κ3) is 4.16. The van der Waals surface area contributed by atoms with Crippen LogP contribution in [0.4, 0.5) is 23.1 Å². The number of piperazine rings is 1. The Labute approximate surface area is 170 Å². The van der Waals surface area contributed by atoms with E-state index in [2.05, 4.69) is 36.4 Å². The van der Waals surface area contributed by atoms with E-state index in [4.69, 9.17) is 9.47 Å². The molecule has 1 aromatic heterocycles. The van der Waals surface area contributed by atoms with E-state index in [-0.39, 0.29) is 0 Å². The van der Waals surface area contributed by atoms with Gasteiger partial charge in [-0.1, -0.05) is 24.3 Å². The summed E-state index contributed by atoms with van der Waals surface area (Å²) in [6.45, 7) is 3.43. The zero-order chi connectivity index (χ0) is 20.1. The molecule has 0 unspecified atom stereocenters. The number of rotatable bonds is 6. The van der Waals surface area contributed by atoms with E-state index in [1.807, 2.05) is 42.5 Å². The second-order valence-electron chi connectivity index (χ2n) is 6.61. The molecule has 1 N–H and O–H groups in total. The van der Waals surface area contributed by atoms with Crippen LogP contribution in [-0.2, 0) is 0 Å². The van der Waals surface area contributed by atoms with Gasteiger partial charge in [-0.15, -0.1) is 5.10 Å².